The van der Waals surface area contributed by atoms with Crippen molar-refractivity contribution in [1.82, 2.24) is 20.0 Å². The van der Waals surface area contributed by atoms with Gasteiger partial charge in [0.05, 0.1) is 0 Å². The largest absolute Gasteiger partial charge is 0.336 e. The fourth-order valence-corrected chi connectivity index (χ4v) is 4.87. The van der Waals surface area contributed by atoms with Crippen LogP contribution in [0.25, 0.3) is 0 Å². The molecule has 1 N–H and O–H groups in total. The third-order valence-corrected chi connectivity index (χ3v) is 6.49. The molecule has 0 saturated carbocycles. The normalized spacial score (nSPS) is 19.5. The predicted molar refractivity (Wildman–Crippen MR) is 105 cm³/mol. The SMILES string of the molecule is Cn1nc(C(=O)N2CCSCC2)c2c1CCC(NCc1ccc(F)cc1F)C2. The highest BCUT2D eigenvalue weighted by atomic mass is 32.2. The van der Waals surface area contributed by atoms with Crippen LogP contribution < -0.4 is 5.32 Å². The maximum Gasteiger partial charge on any atom is 0.274 e. The lowest BCUT2D eigenvalue weighted by Crippen LogP contribution is -2.39. The minimum atomic E-state index is -0.571. The third-order valence-electron chi connectivity index (χ3n) is 5.55. The topological polar surface area (TPSA) is 50.2 Å². The molecule has 1 atom stereocenters. The molecular weight excluding hydrogens is 382 g/mol. The molecule has 1 aliphatic heterocycles. The highest BCUT2D eigenvalue weighted by Gasteiger charge is 2.30. The monoisotopic (exact) mass is 406 g/mol. The summed E-state index contributed by atoms with van der Waals surface area (Å²) in [6.45, 7) is 1.86. The number of rotatable bonds is 4. The summed E-state index contributed by atoms with van der Waals surface area (Å²) in [5, 5.41) is 7.90. The highest BCUT2D eigenvalue weighted by Crippen LogP contribution is 2.26. The van der Waals surface area contributed by atoms with E-state index in [4.69, 9.17) is 0 Å². The van der Waals surface area contributed by atoms with Gasteiger partial charge in [-0.2, -0.15) is 16.9 Å². The molecule has 0 spiro atoms. The first kappa shape index (κ1) is 19.4. The standard InChI is InChI=1S/C20H24F2N4OS/c1-25-18-5-4-15(23-12-13-2-3-14(21)10-17(13)22)11-16(18)19(24-25)20(27)26-6-8-28-9-7-26/h2-3,10,15,23H,4-9,11-12H2,1H3. The van der Waals surface area contributed by atoms with E-state index in [1.54, 1.807) is 0 Å². The van der Waals surface area contributed by atoms with Gasteiger partial charge >= 0.3 is 0 Å². The van der Waals surface area contributed by atoms with E-state index in [1.165, 1.54) is 12.1 Å². The third kappa shape index (κ3) is 3.93. The molecule has 0 radical (unpaired) electrons. The van der Waals surface area contributed by atoms with Crippen molar-refractivity contribution in [2.24, 2.45) is 7.05 Å². The number of thioether (sulfide) groups is 1. The minimum Gasteiger partial charge on any atom is -0.336 e. The number of hydrogen-bond donors (Lipinski definition) is 1. The van der Waals surface area contributed by atoms with Crippen molar-refractivity contribution in [3.8, 4) is 0 Å². The molecule has 1 unspecified atom stereocenters. The zero-order chi connectivity index (χ0) is 19.7. The second-order valence-corrected chi connectivity index (χ2v) is 8.58. The number of carbonyl (C=O) groups is 1. The molecule has 1 amide bonds. The van der Waals surface area contributed by atoms with Crippen LogP contribution >= 0.6 is 11.8 Å². The van der Waals surface area contributed by atoms with E-state index in [9.17, 15) is 13.6 Å². The summed E-state index contributed by atoms with van der Waals surface area (Å²) in [5.74, 6) is 0.840. The van der Waals surface area contributed by atoms with E-state index in [-0.39, 0.29) is 11.9 Å². The summed E-state index contributed by atoms with van der Waals surface area (Å²) in [5.41, 5.74) is 3.12. The van der Waals surface area contributed by atoms with Crippen molar-refractivity contribution in [2.75, 3.05) is 24.6 Å². The Labute approximate surface area is 167 Å². The smallest absolute Gasteiger partial charge is 0.274 e. The molecule has 2 aromatic rings. The lowest BCUT2D eigenvalue weighted by molar-refractivity contribution is 0.0764. The molecular formula is C20H24F2N4OS. The number of fused-ring (bicyclic) bond motifs is 1. The van der Waals surface area contributed by atoms with Crippen LogP contribution in [0.2, 0.25) is 0 Å². The van der Waals surface area contributed by atoms with Gasteiger partial charge in [-0.05, 0) is 25.3 Å². The van der Waals surface area contributed by atoms with Crippen LogP contribution in [0, 0.1) is 11.6 Å². The Morgan fingerprint density at radius 3 is 2.86 bits per heavy atom. The number of nitrogens with one attached hydrogen (secondary N) is 1. The second kappa shape index (κ2) is 8.21. The summed E-state index contributed by atoms with van der Waals surface area (Å²) >= 11 is 1.87. The van der Waals surface area contributed by atoms with Crippen molar-refractivity contribution in [1.29, 1.82) is 0 Å². The first-order chi connectivity index (χ1) is 13.5. The van der Waals surface area contributed by atoms with Gasteiger partial charge in [-0.3, -0.25) is 9.48 Å². The van der Waals surface area contributed by atoms with Crippen LogP contribution in [0.5, 0.6) is 0 Å². The van der Waals surface area contributed by atoms with Crippen LogP contribution in [0.15, 0.2) is 18.2 Å². The van der Waals surface area contributed by atoms with E-state index >= 15 is 0 Å². The predicted octanol–water partition coefficient (Wildman–Crippen LogP) is 2.53. The molecule has 2 aliphatic rings. The fourth-order valence-electron chi connectivity index (χ4n) is 3.97. The van der Waals surface area contributed by atoms with Crippen molar-refractivity contribution >= 4 is 17.7 Å². The van der Waals surface area contributed by atoms with E-state index < -0.39 is 11.6 Å². The highest BCUT2D eigenvalue weighted by molar-refractivity contribution is 7.99. The molecule has 4 rings (SSSR count). The molecule has 150 valence electrons. The van der Waals surface area contributed by atoms with Crippen LogP contribution in [0.1, 0.15) is 33.7 Å². The number of aromatic nitrogens is 2. The molecule has 1 aliphatic carbocycles. The summed E-state index contributed by atoms with van der Waals surface area (Å²) < 4.78 is 28.8. The quantitative estimate of drug-likeness (QED) is 0.848. The first-order valence-corrected chi connectivity index (χ1v) is 10.8. The number of amides is 1. The lowest BCUT2D eigenvalue weighted by atomic mass is 9.91. The van der Waals surface area contributed by atoms with Gasteiger partial charge in [-0.15, -0.1) is 0 Å². The second-order valence-electron chi connectivity index (χ2n) is 7.36. The van der Waals surface area contributed by atoms with Gasteiger partial charge in [-0.25, -0.2) is 8.78 Å². The van der Waals surface area contributed by atoms with Gasteiger partial charge in [0.2, 0.25) is 0 Å². The molecule has 1 saturated heterocycles. The van der Waals surface area contributed by atoms with E-state index in [2.05, 4.69) is 10.4 Å². The molecule has 8 heteroatoms. The molecule has 0 bridgehead atoms. The van der Waals surface area contributed by atoms with Crippen molar-refractivity contribution in [3.63, 3.8) is 0 Å². The van der Waals surface area contributed by atoms with Crippen LogP contribution in [0.4, 0.5) is 8.78 Å². The molecule has 5 nitrogen and oxygen atoms in total. The molecule has 1 aromatic heterocycles. The zero-order valence-corrected chi connectivity index (χ0v) is 16.7. The Morgan fingerprint density at radius 2 is 2.11 bits per heavy atom. The summed E-state index contributed by atoms with van der Waals surface area (Å²) in [4.78, 5) is 14.9. The maximum absolute atomic E-state index is 13.9. The minimum absolute atomic E-state index is 0.0161. The van der Waals surface area contributed by atoms with Gasteiger partial charge in [0, 0.05) is 67.1 Å². The zero-order valence-electron chi connectivity index (χ0n) is 15.9. The number of carbonyl (C=O) groups excluding carboxylic acids is 1. The summed E-state index contributed by atoms with van der Waals surface area (Å²) in [7, 11) is 1.89. The molecule has 2 heterocycles. The Balaban J connectivity index is 1.47. The van der Waals surface area contributed by atoms with Gasteiger partial charge < -0.3 is 10.2 Å². The maximum atomic E-state index is 13.9. The van der Waals surface area contributed by atoms with E-state index in [0.717, 1.165) is 54.8 Å². The number of hydrogen-bond acceptors (Lipinski definition) is 4. The Hall–Kier alpha value is -1.93. The Morgan fingerprint density at radius 1 is 1.32 bits per heavy atom. The number of halogens is 2. The van der Waals surface area contributed by atoms with Crippen molar-refractivity contribution in [2.45, 2.75) is 31.8 Å². The number of benzene rings is 1. The van der Waals surface area contributed by atoms with Gasteiger partial charge in [0.25, 0.3) is 5.91 Å². The van der Waals surface area contributed by atoms with Crippen LogP contribution in [0.3, 0.4) is 0 Å². The average Bonchev–Trinajstić information content (AvgIpc) is 3.03. The molecule has 1 aromatic carbocycles. The summed E-state index contributed by atoms with van der Waals surface area (Å²) in [6, 6.07) is 3.78. The van der Waals surface area contributed by atoms with Crippen LogP contribution in [-0.2, 0) is 26.4 Å². The lowest BCUT2D eigenvalue weighted by Gasteiger charge is -2.27. The van der Waals surface area contributed by atoms with Gasteiger partial charge in [0.1, 0.15) is 11.6 Å². The van der Waals surface area contributed by atoms with Gasteiger partial charge in [-0.1, -0.05) is 6.07 Å². The first-order valence-electron chi connectivity index (χ1n) is 9.62. The Kier molecular flexibility index (Phi) is 5.68. The Bertz CT molecular complexity index is 879. The van der Waals surface area contributed by atoms with E-state index in [0.29, 0.717) is 24.2 Å². The number of aryl methyl sites for hydroxylation is 1. The number of nitrogens with zero attached hydrogens (tertiary/aromatic N) is 3. The molecule has 1 fully saturated rings. The van der Waals surface area contributed by atoms with Crippen molar-refractivity contribution < 1.29 is 13.6 Å². The fraction of sp³-hybridized carbons (Fsp3) is 0.500. The van der Waals surface area contributed by atoms with Gasteiger partial charge in [0.15, 0.2) is 5.69 Å². The summed E-state index contributed by atoms with van der Waals surface area (Å²) in [6.07, 6.45) is 2.41. The van der Waals surface area contributed by atoms with Crippen molar-refractivity contribution in [3.05, 3.63) is 52.3 Å². The average molecular weight is 407 g/mol. The van der Waals surface area contributed by atoms with Crippen LogP contribution in [-0.4, -0.2) is 51.2 Å². The molecule has 28 heavy (non-hydrogen) atoms. The van der Waals surface area contributed by atoms with E-state index in [1.807, 2.05) is 28.4 Å².